The fraction of sp³-hybridized carbons (Fsp3) is 0.200. The zero-order chi connectivity index (χ0) is 21.8. The van der Waals surface area contributed by atoms with Gasteiger partial charge in [0.15, 0.2) is 11.8 Å². The quantitative estimate of drug-likeness (QED) is 0.375. The van der Waals surface area contributed by atoms with Crippen molar-refractivity contribution in [2.24, 2.45) is 0 Å². The molecule has 0 saturated carbocycles. The molecule has 0 aliphatic carbocycles. The second-order valence-electron chi connectivity index (χ2n) is 6.33. The van der Waals surface area contributed by atoms with Crippen molar-refractivity contribution in [3.63, 3.8) is 0 Å². The summed E-state index contributed by atoms with van der Waals surface area (Å²) in [5.41, 5.74) is -0.741. The fourth-order valence-corrected chi connectivity index (χ4v) is 2.84. The van der Waals surface area contributed by atoms with Gasteiger partial charge in [0.2, 0.25) is 0 Å². The lowest BCUT2D eigenvalue weighted by Crippen LogP contribution is -2.32. The summed E-state index contributed by atoms with van der Waals surface area (Å²) < 4.78 is 6.36. The minimum absolute atomic E-state index is 0.0153. The van der Waals surface area contributed by atoms with E-state index in [9.17, 15) is 24.5 Å². The van der Waals surface area contributed by atoms with Gasteiger partial charge in [0.1, 0.15) is 5.69 Å². The van der Waals surface area contributed by atoms with Crippen LogP contribution in [0.25, 0.3) is 10.8 Å². The number of carbonyl (C=O) groups excluding carboxylic acids is 2. The van der Waals surface area contributed by atoms with Crippen LogP contribution in [0.2, 0.25) is 0 Å². The number of nitro groups is 1. The summed E-state index contributed by atoms with van der Waals surface area (Å²) in [7, 11) is 0. The number of para-hydroxylation sites is 2. The van der Waals surface area contributed by atoms with E-state index in [2.05, 4.69) is 10.4 Å². The Labute approximate surface area is 170 Å². The molecule has 0 bridgehead atoms. The highest BCUT2D eigenvalue weighted by atomic mass is 16.6. The maximum atomic E-state index is 12.7. The number of esters is 1. The fourth-order valence-electron chi connectivity index (χ4n) is 2.84. The van der Waals surface area contributed by atoms with E-state index in [4.69, 9.17) is 4.74 Å². The van der Waals surface area contributed by atoms with Crippen molar-refractivity contribution in [2.45, 2.75) is 26.5 Å². The van der Waals surface area contributed by atoms with Crippen LogP contribution in [0.3, 0.4) is 0 Å². The van der Waals surface area contributed by atoms with Gasteiger partial charge in [-0.05, 0) is 26.0 Å². The first-order chi connectivity index (χ1) is 14.3. The Kier molecular flexibility index (Phi) is 5.86. The molecule has 3 rings (SSSR count). The first-order valence-electron chi connectivity index (χ1n) is 9.08. The molecule has 1 atom stereocenters. The van der Waals surface area contributed by atoms with Gasteiger partial charge in [0.05, 0.1) is 10.3 Å². The van der Waals surface area contributed by atoms with Crippen molar-refractivity contribution >= 4 is 34.0 Å². The van der Waals surface area contributed by atoms with Crippen molar-refractivity contribution in [1.29, 1.82) is 0 Å². The second-order valence-corrected chi connectivity index (χ2v) is 6.33. The van der Waals surface area contributed by atoms with Crippen molar-refractivity contribution in [3.05, 3.63) is 74.7 Å². The molecule has 154 valence electrons. The Bertz CT molecular complexity index is 1200. The van der Waals surface area contributed by atoms with Crippen LogP contribution in [0.15, 0.2) is 53.3 Å². The number of ether oxygens (including phenoxy) is 1. The molecular formula is C20H18N4O6. The molecule has 0 fully saturated rings. The molecule has 1 heterocycles. The second kappa shape index (κ2) is 8.52. The third-order valence-electron chi connectivity index (χ3n) is 4.37. The molecule has 1 amide bonds. The molecule has 0 spiro atoms. The first kappa shape index (κ1) is 20.6. The predicted molar refractivity (Wildman–Crippen MR) is 108 cm³/mol. The monoisotopic (exact) mass is 410 g/mol. The number of fused-ring (bicyclic) bond motifs is 1. The number of nitrogens with one attached hydrogen (secondary N) is 1. The molecular weight excluding hydrogens is 392 g/mol. The highest BCUT2D eigenvalue weighted by molar-refractivity contribution is 6.04. The lowest BCUT2D eigenvalue weighted by Gasteiger charge is -2.14. The van der Waals surface area contributed by atoms with E-state index >= 15 is 0 Å². The van der Waals surface area contributed by atoms with Gasteiger partial charge in [0, 0.05) is 18.0 Å². The number of nitrogens with zero attached hydrogens (tertiary/aromatic N) is 3. The topological polar surface area (TPSA) is 133 Å². The molecule has 1 aromatic heterocycles. The Morgan fingerprint density at radius 2 is 1.80 bits per heavy atom. The van der Waals surface area contributed by atoms with Crippen LogP contribution in [0.1, 0.15) is 24.3 Å². The minimum atomic E-state index is -1.26. The summed E-state index contributed by atoms with van der Waals surface area (Å²) in [5, 5.41) is 18.1. The van der Waals surface area contributed by atoms with E-state index in [-0.39, 0.29) is 29.2 Å². The summed E-state index contributed by atoms with van der Waals surface area (Å²) in [6.45, 7) is 3.29. The third-order valence-corrected chi connectivity index (χ3v) is 4.37. The molecule has 30 heavy (non-hydrogen) atoms. The van der Waals surface area contributed by atoms with Gasteiger partial charge in [-0.1, -0.05) is 30.3 Å². The van der Waals surface area contributed by atoms with E-state index in [0.717, 1.165) is 4.68 Å². The first-order valence-corrected chi connectivity index (χ1v) is 9.08. The normalized spacial score (nSPS) is 11.7. The maximum absolute atomic E-state index is 12.7. The van der Waals surface area contributed by atoms with Crippen molar-refractivity contribution in [3.8, 4) is 0 Å². The SMILES string of the molecule is CCn1nc(C(=O)O[C@@H](C)C(=O)Nc2ccccc2[N+](=O)[O-])c2ccccc2c1=O. The van der Waals surface area contributed by atoms with E-state index in [0.29, 0.717) is 10.8 Å². The van der Waals surface area contributed by atoms with Crippen LogP contribution >= 0.6 is 0 Å². The molecule has 3 aromatic rings. The number of anilines is 1. The number of carbonyl (C=O) groups is 2. The molecule has 10 nitrogen and oxygen atoms in total. The maximum Gasteiger partial charge on any atom is 0.360 e. The largest absolute Gasteiger partial charge is 0.448 e. The number of benzene rings is 2. The minimum Gasteiger partial charge on any atom is -0.448 e. The van der Waals surface area contributed by atoms with Crippen molar-refractivity contribution in [1.82, 2.24) is 9.78 Å². The number of hydrogen-bond donors (Lipinski definition) is 1. The van der Waals surface area contributed by atoms with Crippen molar-refractivity contribution in [2.75, 3.05) is 5.32 Å². The average molecular weight is 410 g/mol. The molecule has 0 aliphatic heterocycles. The van der Waals surface area contributed by atoms with E-state index in [1.165, 1.54) is 31.2 Å². The average Bonchev–Trinajstić information content (AvgIpc) is 2.74. The number of aromatic nitrogens is 2. The lowest BCUT2D eigenvalue weighted by molar-refractivity contribution is -0.383. The van der Waals surface area contributed by atoms with E-state index < -0.39 is 22.9 Å². The third kappa shape index (κ3) is 4.02. The Hall–Kier alpha value is -4.08. The summed E-state index contributed by atoms with van der Waals surface area (Å²) in [6.07, 6.45) is -1.26. The predicted octanol–water partition coefficient (Wildman–Crippen LogP) is 2.51. The zero-order valence-corrected chi connectivity index (χ0v) is 16.2. The number of amides is 1. The van der Waals surface area contributed by atoms with Gasteiger partial charge in [0.25, 0.3) is 17.2 Å². The van der Waals surface area contributed by atoms with Crippen LogP contribution in [0.4, 0.5) is 11.4 Å². The van der Waals surface area contributed by atoms with Gasteiger partial charge in [-0.2, -0.15) is 5.10 Å². The molecule has 0 radical (unpaired) electrons. The Morgan fingerprint density at radius 3 is 2.47 bits per heavy atom. The Balaban J connectivity index is 1.84. The van der Waals surface area contributed by atoms with Crippen LogP contribution in [0, 0.1) is 10.1 Å². The smallest absolute Gasteiger partial charge is 0.360 e. The van der Waals surface area contributed by atoms with Gasteiger partial charge in [-0.3, -0.25) is 19.7 Å². The van der Waals surface area contributed by atoms with E-state index in [1.54, 1.807) is 31.2 Å². The molecule has 1 N–H and O–H groups in total. The summed E-state index contributed by atoms with van der Waals surface area (Å²) in [6, 6.07) is 12.1. The van der Waals surface area contributed by atoms with Crippen LogP contribution in [0.5, 0.6) is 0 Å². The van der Waals surface area contributed by atoms with Gasteiger partial charge in [-0.25, -0.2) is 9.48 Å². The van der Waals surface area contributed by atoms with E-state index in [1.807, 2.05) is 0 Å². The number of nitro benzene ring substituents is 1. The van der Waals surface area contributed by atoms with Crippen LogP contribution in [-0.2, 0) is 16.1 Å². The van der Waals surface area contributed by atoms with Crippen molar-refractivity contribution < 1.29 is 19.2 Å². The summed E-state index contributed by atoms with van der Waals surface area (Å²) in [5.74, 6) is -1.63. The number of hydrogen-bond acceptors (Lipinski definition) is 7. The molecule has 2 aromatic carbocycles. The summed E-state index contributed by atoms with van der Waals surface area (Å²) >= 11 is 0. The zero-order valence-electron chi connectivity index (χ0n) is 16.2. The standard InChI is InChI=1S/C20H18N4O6/c1-3-23-19(26)14-9-5-4-8-13(14)17(22-23)20(27)30-12(2)18(25)21-15-10-6-7-11-16(15)24(28)29/h4-12H,3H2,1-2H3,(H,21,25)/t12-/m0/s1. The van der Waals surface area contributed by atoms with Crippen LogP contribution in [-0.4, -0.2) is 32.7 Å². The van der Waals surface area contributed by atoms with Crippen LogP contribution < -0.4 is 10.9 Å². The van der Waals surface area contributed by atoms with Gasteiger partial charge in [-0.15, -0.1) is 0 Å². The van der Waals surface area contributed by atoms with Gasteiger partial charge < -0.3 is 10.1 Å². The summed E-state index contributed by atoms with van der Waals surface area (Å²) in [4.78, 5) is 47.9. The molecule has 0 unspecified atom stereocenters. The molecule has 0 aliphatic rings. The highest BCUT2D eigenvalue weighted by Crippen LogP contribution is 2.23. The molecule has 10 heteroatoms. The lowest BCUT2D eigenvalue weighted by atomic mass is 10.1. The highest BCUT2D eigenvalue weighted by Gasteiger charge is 2.24. The van der Waals surface area contributed by atoms with Gasteiger partial charge >= 0.3 is 5.97 Å². The molecule has 0 saturated heterocycles. The Morgan fingerprint density at radius 1 is 1.17 bits per heavy atom. The number of aryl methyl sites for hydroxylation is 1. The number of rotatable bonds is 6.